The molecule has 0 bridgehead atoms. The highest BCUT2D eigenvalue weighted by Crippen LogP contribution is 2.31. The first-order valence-electron chi connectivity index (χ1n) is 6.19. The van der Waals surface area contributed by atoms with Gasteiger partial charge in [-0.1, -0.05) is 31.2 Å². The molecule has 0 aliphatic heterocycles. The predicted molar refractivity (Wildman–Crippen MR) is 83.2 cm³/mol. The SMILES string of the molecule is CCc1ccc(CC(N)c2cc(C)c(Br)s2)cc1. The second-order valence-electron chi connectivity index (χ2n) is 4.59. The van der Waals surface area contributed by atoms with E-state index in [9.17, 15) is 0 Å². The first kappa shape index (κ1) is 13.8. The molecule has 0 spiro atoms. The zero-order valence-electron chi connectivity index (χ0n) is 10.7. The molecule has 18 heavy (non-hydrogen) atoms. The van der Waals surface area contributed by atoms with Crippen LogP contribution in [0, 0.1) is 6.92 Å². The number of rotatable bonds is 4. The van der Waals surface area contributed by atoms with Gasteiger partial charge in [-0.3, -0.25) is 0 Å². The van der Waals surface area contributed by atoms with Gasteiger partial charge in [0.1, 0.15) is 0 Å². The Morgan fingerprint density at radius 1 is 1.22 bits per heavy atom. The van der Waals surface area contributed by atoms with E-state index in [0.717, 1.165) is 12.8 Å². The van der Waals surface area contributed by atoms with Gasteiger partial charge in [-0.25, -0.2) is 0 Å². The van der Waals surface area contributed by atoms with Gasteiger partial charge < -0.3 is 5.73 Å². The Bertz CT molecular complexity index is 496. The third-order valence-electron chi connectivity index (χ3n) is 3.13. The van der Waals surface area contributed by atoms with E-state index in [-0.39, 0.29) is 6.04 Å². The highest BCUT2D eigenvalue weighted by Gasteiger charge is 2.11. The first-order valence-corrected chi connectivity index (χ1v) is 7.80. The van der Waals surface area contributed by atoms with Crippen molar-refractivity contribution in [3.8, 4) is 0 Å². The Balaban J connectivity index is 2.08. The van der Waals surface area contributed by atoms with Crippen LogP contribution >= 0.6 is 27.3 Å². The van der Waals surface area contributed by atoms with Crippen molar-refractivity contribution >= 4 is 27.3 Å². The lowest BCUT2D eigenvalue weighted by atomic mass is 10.0. The van der Waals surface area contributed by atoms with Crippen LogP contribution in [0.3, 0.4) is 0 Å². The van der Waals surface area contributed by atoms with Crippen molar-refractivity contribution in [1.82, 2.24) is 0 Å². The number of hydrogen-bond acceptors (Lipinski definition) is 2. The number of halogens is 1. The molecule has 0 saturated heterocycles. The first-order chi connectivity index (χ1) is 8.60. The highest BCUT2D eigenvalue weighted by atomic mass is 79.9. The van der Waals surface area contributed by atoms with Crippen LogP contribution in [0.5, 0.6) is 0 Å². The van der Waals surface area contributed by atoms with Crippen LogP contribution in [-0.2, 0) is 12.8 Å². The quantitative estimate of drug-likeness (QED) is 0.872. The van der Waals surface area contributed by atoms with Crippen molar-refractivity contribution in [3.05, 3.63) is 55.7 Å². The maximum absolute atomic E-state index is 6.27. The Morgan fingerprint density at radius 2 is 1.83 bits per heavy atom. The summed E-state index contributed by atoms with van der Waals surface area (Å²) in [5.74, 6) is 0. The van der Waals surface area contributed by atoms with Gasteiger partial charge in [-0.15, -0.1) is 11.3 Å². The summed E-state index contributed by atoms with van der Waals surface area (Å²) in [6, 6.07) is 11.0. The van der Waals surface area contributed by atoms with Crippen molar-refractivity contribution in [2.24, 2.45) is 5.73 Å². The van der Waals surface area contributed by atoms with Crippen LogP contribution in [0.15, 0.2) is 34.1 Å². The normalized spacial score (nSPS) is 12.7. The third-order valence-corrected chi connectivity index (χ3v) is 5.40. The zero-order valence-corrected chi connectivity index (χ0v) is 13.1. The largest absolute Gasteiger partial charge is 0.323 e. The van der Waals surface area contributed by atoms with Crippen molar-refractivity contribution in [2.75, 3.05) is 0 Å². The maximum Gasteiger partial charge on any atom is 0.0731 e. The molecule has 2 rings (SSSR count). The Morgan fingerprint density at radius 3 is 2.33 bits per heavy atom. The highest BCUT2D eigenvalue weighted by molar-refractivity contribution is 9.11. The maximum atomic E-state index is 6.27. The summed E-state index contributed by atoms with van der Waals surface area (Å²) >= 11 is 5.29. The molecule has 1 aromatic heterocycles. The zero-order chi connectivity index (χ0) is 13.1. The molecule has 1 unspecified atom stereocenters. The summed E-state index contributed by atoms with van der Waals surface area (Å²) in [4.78, 5) is 1.25. The van der Waals surface area contributed by atoms with E-state index in [0.29, 0.717) is 0 Å². The van der Waals surface area contributed by atoms with Crippen molar-refractivity contribution in [3.63, 3.8) is 0 Å². The molecule has 0 saturated carbocycles. The van der Waals surface area contributed by atoms with Gasteiger partial charge in [-0.2, -0.15) is 0 Å². The van der Waals surface area contributed by atoms with Crippen LogP contribution in [0.25, 0.3) is 0 Å². The van der Waals surface area contributed by atoms with E-state index in [1.807, 2.05) is 0 Å². The van der Waals surface area contributed by atoms with Gasteiger partial charge in [-0.05, 0) is 58.5 Å². The van der Waals surface area contributed by atoms with Crippen molar-refractivity contribution in [1.29, 1.82) is 0 Å². The van der Waals surface area contributed by atoms with E-state index in [1.165, 1.54) is 25.4 Å². The molecule has 0 fully saturated rings. The summed E-state index contributed by atoms with van der Waals surface area (Å²) < 4.78 is 1.19. The lowest BCUT2D eigenvalue weighted by molar-refractivity contribution is 0.736. The van der Waals surface area contributed by atoms with E-state index in [4.69, 9.17) is 5.73 Å². The molecule has 96 valence electrons. The number of aryl methyl sites for hydroxylation is 2. The third kappa shape index (κ3) is 3.22. The van der Waals surface area contributed by atoms with E-state index in [2.05, 4.69) is 60.1 Å². The second kappa shape index (κ2) is 6.00. The Labute approximate surface area is 121 Å². The topological polar surface area (TPSA) is 26.0 Å². The molecule has 1 aromatic carbocycles. The van der Waals surface area contributed by atoms with Crippen LogP contribution < -0.4 is 5.73 Å². The molecule has 0 amide bonds. The monoisotopic (exact) mass is 323 g/mol. The minimum atomic E-state index is 0.0903. The van der Waals surface area contributed by atoms with Gasteiger partial charge in [0.25, 0.3) is 0 Å². The van der Waals surface area contributed by atoms with Crippen LogP contribution in [0.1, 0.15) is 34.5 Å². The Kier molecular flexibility index (Phi) is 4.60. The van der Waals surface area contributed by atoms with Gasteiger partial charge >= 0.3 is 0 Å². The van der Waals surface area contributed by atoms with Gasteiger partial charge in [0.15, 0.2) is 0 Å². The molecule has 1 heterocycles. The minimum Gasteiger partial charge on any atom is -0.323 e. The predicted octanol–water partition coefficient (Wildman–Crippen LogP) is 4.62. The van der Waals surface area contributed by atoms with Gasteiger partial charge in [0.05, 0.1) is 3.79 Å². The molecule has 0 aliphatic rings. The van der Waals surface area contributed by atoms with Crippen molar-refractivity contribution < 1.29 is 0 Å². The number of hydrogen-bond donors (Lipinski definition) is 1. The molecule has 2 aromatic rings. The van der Waals surface area contributed by atoms with Gasteiger partial charge in [0, 0.05) is 10.9 Å². The molecule has 1 atom stereocenters. The number of thiophene rings is 1. The summed E-state index contributed by atoms with van der Waals surface area (Å²) in [6.45, 7) is 4.28. The lowest BCUT2D eigenvalue weighted by Gasteiger charge is -2.10. The molecular weight excluding hydrogens is 306 g/mol. The average molecular weight is 324 g/mol. The fourth-order valence-electron chi connectivity index (χ4n) is 1.93. The molecule has 0 aliphatic carbocycles. The molecule has 2 N–H and O–H groups in total. The fourth-order valence-corrected chi connectivity index (χ4v) is 3.50. The van der Waals surface area contributed by atoms with Crippen molar-refractivity contribution in [2.45, 2.75) is 32.7 Å². The van der Waals surface area contributed by atoms with Crippen LogP contribution in [-0.4, -0.2) is 0 Å². The Hall–Kier alpha value is -0.640. The van der Waals surface area contributed by atoms with E-state index >= 15 is 0 Å². The standard InChI is InChI=1S/C15H18BrNS/c1-3-11-4-6-12(7-5-11)9-13(17)14-8-10(2)15(16)18-14/h4-8,13H,3,9,17H2,1-2H3. The second-order valence-corrected chi connectivity index (χ2v) is 6.99. The average Bonchev–Trinajstić information content (AvgIpc) is 2.71. The van der Waals surface area contributed by atoms with Crippen LogP contribution in [0.4, 0.5) is 0 Å². The molecule has 3 heteroatoms. The molecular formula is C15H18BrNS. The summed E-state index contributed by atoms with van der Waals surface area (Å²) in [6.07, 6.45) is 1.99. The number of nitrogens with two attached hydrogens (primary N) is 1. The lowest BCUT2D eigenvalue weighted by Crippen LogP contribution is -2.11. The fraction of sp³-hybridized carbons (Fsp3) is 0.333. The van der Waals surface area contributed by atoms with E-state index < -0.39 is 0 Å². The smallest absolute Gasteiger partial charge is 0.0731 e. The summed E-state index contributed by atoms with van der Waals surface area (Å²) in [7, 11) is 0. The van der Waals surface area contributed by atoms with Crippen LogP contribution in [0.2, 0.25) is 0 Å². The van der Waals surface area contributed by atoms with Gasteiger partial charge in [0.2, 0.25) is 0 Å². The number of benzene rings is 1. The summed E-state index contributed by atoms with van der Waals surface area (Å²) in [5.41, 5.74) is 10.2. The molecule has 1 nitrogen and oxygen atoms in total. The summed E-state index contributed by atoms with van der Waals surface area (Å²) in [5, 5.41) is 0. The molecule has 0 radical (unpaired) electrons. The van der Waals surface area contributed by atoms with E-state index in [1.54, 1.807) is 11.3 Å². The minimum absolute atomic E-state index is 0.0903.